The maximum Gasteiger partial charge on any atom is 0.0924 e. The average molecular weight is 265 g/mol. The van der Waals surface area contributed by atoms with E-state index in [0.29, 0.717) is 6.42 Å². The van der Waals surface area contributed by atoms with Crippen molar-refractivity contribution in [1.29, 1.82) is 5.41 Å². The fourth-order valence-corrected chi connectivity index (χ4v) is 2.92. The molecule has 0 saturated carbocycles. The summed E-state index contributed by atoms with van der Waals surface area (Å²) in [5.41, 5.74) is 9.66. The number of hydrogen-bond acceptors (Lipinski definition) is 2. The lowest BCUT2D eigenvalue weighted by atomic mass is 10.0. The van der Waals surface area contributed by atoms with E-state index in [1.54, 1.807) is 0 Å². The molecule has 0 fully saturated rings. The van der Waals surface area contributed by atoms with Crippen molar-refractivity contribution in [3.63, 3.8) is 0 Å². The Morgan fingerprint density at radius 2 is 1.55 bits per heavy atom. The molecule has 3 N–H and O–H groups in total. The highest BCUT2D eigenvalue weighted by molar-refractivity contribution is 5.77. The molecule has 1 unspecified atom stereocenters. The fraction of sp³-hybridized carbons (Fsp3) is 0.235. The van der Waals surface area contributed by atoms with Gasteiger partial charge in [-0.3, -0.25) is 10.3 Å². The van der Waals surface area contributed by atoms with Gasteiger partial charge >= 0.3 is 0 Å². The minimum absolute atomic E-state index is 0.182. The van der Waals surface area contributed by atoms with E-state index in [0.717, 1.165) is 13.1 Å². The SMILES string of the molecule is N=C(N)CC(c1ccccc1)N1Cc2ccccc2C1. The van der Waals surface area contributed by atoms with Crippen LogP contribution in [0.15, 0.2) is 54.6 Å². The average Bonchev–Trinajstić information content (AvgIpc) is 2.89. The molecule has 2 aromatic rings. The van der Waals surface area contributed by atoms with Crippen LogP contribution in [0, 0.1) is 5.41 Å². The van der Waals surface area contributed by atoms with Crippen molar-refractivity contribution in [2.24, 2.45) is 5.73 Å². The van der Waals surface area contributed by atoms with E-state index in [1.165, 1.54) is 16.7 Å². The summed E-state index contributed by atoms with van der Waals surface area (Å²) < 4.78 is 0. The van der Waals surface area contributed by atoms with E-state index in [1.807, 2.05) is 18.2 Å². The highest BCUT2D eigenvalue weighted by atomic mass is 15.2. The van der Waals surface area contributed by atoms with Gasteiger partial charge < -0.3 is 5.73 Å². The van der Waals surface area contributed by atoms with Gasteiger partial charge in [0.2, 0.25) is 0 Å². The number of nitrogens with zero attached hydrogens (tertiary/aromatic N) is 1. The van der Waals surface area contributed by atoms with Gasteiger partial charge in [-0.15, -0.1) is 0 Å². The summed E-state index contributed by atoms with van der Waals surface area (Å²) >= 11 is 0. The summed E-state index contributed by atoms with van der Waals surface area (Å²) in [5.74, 6) is 0.245. The normalized spacial score (nSPS) is 15.8. The van der Waals surface area contributed by atoms with E-state index in [2.05, 4.69) is 41.3 Å². The van der Waals surface area contributed by atoms with Crippen LogP contribution in [-0.4, -0.2) is 10.7 Å². The molecule has 1 aliphatic rings. The zero-order valence-electron chi connectivity index (χ0n) is 11.4. The Bertz CT molecular complexity index is 582. The van der Waals surface area contributed by atoms with Gasteiger partial charge in [-0.2, -0.15) is 0 Å². The van der Waals surface area contributed by atoms with Crippen LogP contribution in [0.1, 0.15) is 29.2 Å². The van der Waals surface area contributed by atoms with Crippen LogP contribution in [0.2, 0.25) is 0 Å². The van der Waals surface area contributed by atoms with Crippen LogP contribution < -0.4 is 5.73 Å². The van der Waals surface area contributed by atoms with Crippen molar-refractivity contribution in [1.82, 2.24) is 4.90 Å². The summed E-state index contributed by atoms with van der Waals surface area (Å²) in [4.78, 5) is 2.40. The molecule has 0 aromatic heterocycles. The highest BCUT2D eigenvalue weighted by Gasteiger charge is 2.27. The van der Waals surface area contributed by atoms with Gasteiger partial charge in [0.25, 0.3) is 0 Å². The van der Waals surface area contributed by atoms with Gasteiger partial charge in [0.15, 0.2) is 0 Å². The van der Waals surface area contributed by atoms with E-state index >= 15 is 0 Å². The number of hydrogen-bond donors (Lipinski definition) is 2. The first-order valence-corrected chi connectivity index (χ1v) is 6.92. The molecule has 1 atom stereocenters. The Kier molecular flexibility index (Phi) is 3.52. The molecule has 0 radical (unpaired) electrons. The van der Waals surface area contributed by atoms with Crippen LogP contribution in [0.4, 0.5) is 0 Å². The molecule has 1 heterocycles. The smallest absolute Gasteiger partial charge is 0.0924 e. The zero-order chi connectivity index (χ0) is 13.9. The predicted molar refractivity (Wildman–Crippen MR) is 81.4 cm³/mol. The van der Waals surface area contributed by atoms with Gasteiger partial charge in [-0.05, 0) is 16.7 Å². The van der Waals surface area contributed by atoms with Crippen molar-refractivity contribution in [3.05, 3.63) is 71.3 Å². The summed E-state index contributed by atoms with van der Waals surface area (Å²) in [6.07, 6.45) is 0.581. The topological polar surface area (TPSA) is 53.1 Å². The Balaban J connectivity index is 1.87. The second-order valence-corrected chi connectivity index (χ2v) is 5.33. The molecule has 102 valence electrons. The lowest BCUT2D eigenvalue weighted by molar-refractivity contribution is 0.204. The molecule has 0 aliphatic carbocycles. The summed E-state index contributed by atoms with van der Waals surface area (Å²) in [5, 5.41) is 7.65. The monoisotopic (exact) mass is 265 g/mol. The number of nitrogens with one attached hydrogen (secondary N) is 1. The first-order chi connectivity index (χ1) is 9.74. The Morgan fingerprint density at radius 3 is 2.10 bits per heavy atom. The molecule has 3 rings (SSSR count). The van der Waals surface area contributed by atoms with Crippen LogP contribution in [-0.2, 0) is 13.1 Å². The number of rotatable bonds is 4. The lowest BCUT2D eigenvalue weighted by Gasteiger charge is -2.27. The van der Waals surface area contributed by atoms with E-state index in [4.69, 9.17) is 11.1 Å². The molecular weight excluding hydrogens is 246 g/mol. The molecule has 0 spiro atoms. The zero-order valence-corrected chi connectivity index (χ0v) is 11.4. The minimum Gasteiger partial charge on any atom is -0.388 e. The second kappa shape index (κ2) is 5.47. The van der Waals surface area contributed by atoms with Crippen molar-refractivity contribution in [2.45, 2.75) is 25.6 Å². The Labute approximate surface area is 119 Å². The van der Waals surface area contributed by atoms with Gasteiger partial charge in [-0.1, -0.05) is 54.6 Å². The molecule has 2 aromatic carbocycles. The first-order valence-electron chi connectivity index (χ1n) is 6.92. The van der Waals surface area contributed by atoms with Gasteiger partial charge in [0, 0.05) is 25.6 Å². The highest BCUT2D eigenvalue weighted by Crippen LogP contribution is 2.33. The van der Waals surface area contributed by atoms with Gasteiger partial charge in [-0.25, -0.2) is 0 Å². The number of amidine groups is 1. The number of nitrogens with two attached hydrogens (primary N) is 1. The molecule has 0 saturated heterocycles. The third-order valence-corrected chi connectivity index (χ3v) is 3.90. The summed E-state index contributed by atoms with van der Waals surface area (Å²) in [6, 6.07) is 19.1. The van der Waals surface area contributed by atoms with E-state index in [-0.39, 0.29) is 11.9 Å². The van der Waals surface area contributed by atoms with Crippen molar-refractivity contribution in [2.75, 3.05) is 0 Å². The maximum absolute atomic E-state index is 7.65. The predicted octanol–water partition coefficient (Wildman–Crippen LogP) is 3.07. The number of benzene rings is 2. The van der Waals surface area contributed by atoms with Crippen LogP contribution in [0.5, 0.6) is 0 Å². The van der Waals surface area contributed by atoms with Crippen LogP contribution in [0.25, 0.3) is 0 Å². The summed E-state index contributed by atoms with van der Waals surface area (Å²) in [6.45, 7) is 1.87. The van der Waals surface area contributed by atoms with Crippen LogP contribution in [0.3, 0.4) is 0 Å². The number of fused-ring (bicyclic) bond motifs is 1. The molecule has 3 nitrogen and oxygen atoms in total. The molecule has 1 aliphatic heterocycles. The largest absolute Gasteiger partial charge is 0.388 e. The van der Waals surface area contributed by atoms with E-state index in [9.17, 15) is 0 Å². The third-order valence-electron chi connectivity index (χ3n) is 3.90. The molecular formula is C17H19N3. The van der Waals surface area contributed by atoms with E-state index < -0.39 is 0 Å². The van der Waals surface area contributed by atoms with Crippen molar-refractivity contribution >= 4 is 5.84 Å². The van der Waals surface area contributed by atoms with Gasteiger partial charge in [0.1, 0.15) is 0 Å². The molecule has 20 heavy (non-hydrogen) atoms. The first kappa shape index (κ1) is 12.9. The summed E-state index contributed by atoms with van der Waals surface area (Å²) in [7, 11) is 0. The van der Waals surface area contributed by atoms with Crippen molar-refractivity contribution in [3.8, 4) is 0 Å². The Morgan fingerprint density at radius 1 is 1.00 bits per heavy atom. The van der Waals surface area contributed by atoms with Crippen LogP contribution >= 0.6 is 0 Å². The fourth-order valence-electron chi connectivity index (χ4n) is 2.92. The standard InChI is InChI=1S/C17H19N3/c18-17(19)10-16(13-6-2-1-3-7-13)20-11-14-8-4-5-9-15(14)12-20/h1-9,16H,10-12H2,(H3,18,19). The molecule has 0 amide bonds. The second-order valence-electron chi connectivity index (χ2n) is 5.33. The molecule has 0 bridgehead atoms. The minimum atomic E-state index is 0.182. The lowest BCUT2D eigenvalue weighted by Crippen LogP contribution is -2.27. The third kappa shape index (κ3) is 2.58. The Hall–Kier alpha value is -2.13. The van der Waals surface area contributed by atoms with Crippen molar-refractivity contribution < 1.29 is 0 Å². The van der Waals surface area contributed by atoms with Gasteiger partial charge in [0.05, 0.1) is 5.84 Å². The maximum atomic E-state index is 7.65. The molecule has 3 heteroatoms. The quantitative estimate of drug-likeness (QED) is 0.659.